The molecule has 0 spiro atoms. The normalized spacial score (nSPS) is 11.2. The first-order valence-corrected chi connectivity index (χ1v) is 8.48. The van der Waals surface area contributed by atoms with E-state index in [1.54, 1.807) is 0 Å². The number of allylic oxidation sites excluding steroid dienone is 1. The zero-order valence-electron chi connectivity index (χ0n) is 11.0. The van der Waals surface area contributed by atoms with Gasteiger partial charge >= 0.3 is 0 Å². The van der Waals surface area contributed by atoms with E-state index < -0.39 is 7.14 Å². The van der Waals surface area contributed by atoms with Crippen LogP contribution in [0.1, 0.15) is 12.8 Å². The Bertz CT molecular complexity index is 517. The van der Waals surface area contributed by atoms with Gasteiger partial charge < -0.3 is 4.57 Å². The van der Waals surface area contributed by atoms with Crippen molar-refractivity contribution >= 4 is 17.8 Å². The van der Waals surface area contributed by atoms with Crippen LogP contribution in [0.4, 0.5) is 0 Å². The maximum atomic E-state index is 13.5. The van der Waals surface area contributed by atoms with Gasteiger partial charge in [-0.15, -0.1) is 6.58 Å². The van der Waals surface area contributed by atoms with Gasteiger partial charge in [-0.2, -0.15) is 0 Å². The summed E-state index contributed by atoms with van der Waals surface area (Å²) < 4.78 is 13.5. The molecule has 0 aliphatic heterocycles. The van der Waals surface area contributed by atoms with Gasteiger partial charge in [0.2, 0.25) is 0 Å². The fourth-order valence-corrected chi connectivity index (χ4v) is 4.95. The number of hydrogen-bond donors (Lipinski definition) is 0. The summed E-state index contributed by atoms with van der Waals surface area (Å²) in [6.07, 6.45) is 4.40. The molecule has 0 atom stereocenters. The summed E-state index contributed by atoms with van der Waals surface area (Å²) in [5.41, 5.74) is 0. The van der Waals surface area contributed by atoms with Crippen LogP contribution >= 0.6 is 7.14 Å². The summed E-state index contributed by atoms with van der Waals surface area (Å²) in [7, 11) is -2.50. The van der Waals surface area contributed by atoms with Gasteiger partial charge in [0.15, 0.2) is 0 Å². The van der Waals surface area contributed by atoms with Gasteiger partial charge in [0.25, 0.3) is 0 Å². The molecule has 0 radical (unpaired) electrons. The lowest BCUT2D eigenvalue weighted by molar-refractivity contribution is 0.585. The van der Waals surface area contributed by atoms with Crippen molar-refractivity contribution in [1.29, 1.82) is 0 Å². The number of benzene rings is 2. The van der Waals surface area contributed by atoms with Crippen LogP contribution in [0.5, 0.6) is 0 Å². The number of unbranched alkanes of at least 4 members (excludes halogenated alkanes) is 1. The maximum Gasteiger partial charge on any atom is 0.143 e. The van der Waals surface area contributed by atoms with Crippen LogP contribution in [0.2, 0.25) is 0 Å². The smallest absolute Gasteiger partial charge is 0.143 e. The van der Waals surface area contributed by atoms with E-state index in [9.17, 15) is 4.57 Å². The second-order valence-corrected chi connectivity index (χ2v) is 7.52. The van der Waals surface area contributed by atoms with E-state index in [1.807, 2.05) is 66.7 Å². The third-order valence-electron chi connectivity index (χ3n) is 3.23. The second kappa shape index (κ2) is 6.54. The Morgan fingerprint density at radius 1 is 0.895 bits per heavy atom. The van der Waals surface area contributed by atoms with Crippen LogP contribution in [-0.4, -0.2) is 6.16 Å². The largest absolute Gasteiger partial charge is 0.314 e. The summed E-state index contributed by atoms with van der Waals surface area (Å²) in [5, 5.41) is 1.90. The molecular weight excluding hydrogens is 251 g/mol. The van der Waals surface area contributed by atoms with E-state index in [1.165, 1.54) is 0 Å². The zero-order valence-corrected chi connectivity index (χ0v) is 11.9. The lowest BCUT2D eigenvalue weighted by Gasteiger charge is -2.19. The lowest BCUT2D eigenvalue weighted by Crippen LogP contribution is -2.18. The molecule has 0 saturated carbocycles. The molecule has 2 aromatic rings. The van der Waals surface area contributed by atoms with Crippen molar-refractivity contribution in [3.63, 3.8) is 0 Å². The van der Waals surface area contributed by atoms with Crippen molar-refractivity contribution in [2.24, 2.45) is 0 Å². The summed E-state index contributed by atoms with van der Waals surface area (Å²) in [6.45, 7) is 3.74. The van der Waals surface area contributed by atoms with Crippen LogP contribution in [0.25, 0.3) is 0 Å². The summed E-state index contributed by atoms with van der Waals surface area (Å²) in [5.74, 6) is 0. The highest BCUT2D eigenvalue weighted by molar-refractivity contribution is 7.78. The Kier molecular flexibility index (Phi) is 4.76. The van der Waals surface area contributed by atoms with Crippen molar-refractivity contribution in [2.45, 2.75) is 12.8 Å². The Labute approximate surface area is 115 Å². The van der Waals surface area contributed by atoms with E-state index in [-0.39, 0.29) is 0 Å². The van der Waals surface area contributed by atoms with E-state index in [4.69, 9.17) is 0 Å². The molecule has 0 bridgehead atoms. The Hall–Kier alpha value is -1.59. The van der Waals surface area contributed by atoms with Crippen molar-refractivity contribution in [2.75, 3.05) is 6.16 Å². The Balaban J connectivity index is 2.39. The van der Waals surface area contributed by atoms with Crippen LogP contribution in [0, 0.1) is 0 Å². The molecule has 0 heterocycles. The van der Waals surface area contributed by atoms with Gasteiger partial charge in [-0.05, 0) is 12.8 Å². The van der Waals surface area contributed by atoms with Crippen LogP contribution < -0.4 is 10.6 Å². The standard InChI is InChI=1S/C17H19OP/c1-2-3-10-15-19(18,16-11-6-4-7-12-16)17-13-8-5-9-14-17/h2,4-9,11-14H,1,3,10,15H2. The van der Waals surface area contributed by atoms with Crippen molar-refractivity contribution < 1.29 is 4.57 Å². The Morgan fingerprint density at radius 3 is 1.79 bits per heavy atom. The summed E-state index contributed by atoms with van der Waals surface area (Å²) in [4.78, 5) is 0. The average Bonchev–Trinajstić information content (AvgIpc) is 2.49. The second-order valence-electron chi connectivity index (χ2n) is 4.57. The van der Waals surface area contributed by atoms with E-state index in [2.05, 4.69) is 6.58 Å². The maximum absolute atomic E-state index is 13.5. The monoisotopic (exact) mass is 270 g/mol. The minimum absolute atomic E-state index is 0.701. The van der Waals surface area contributed by atoms with Crippen molar-refractivity contribution in [3.8, 4) is 0 Å². The first-order chi connectivity index (χ1) is 9.27. The lowest BCUT2D eigenvalue weighted by atomic mass is 10.3. The first kappa shape index (κ1) is 13.8. The highest BCUT2D eigenvalue weighted by atomic mass is 31.2. The molecule has 0 N–H and O–H groups in total. The van der Waals surface area contributed by atoms with Gasteiger partial charge in [0.1, 0.15) is 7.14 Å². The van der Waals surface area contributed by atoms with Gasteiger partial charge in [-0.25, -0.2) is 0 Å². The number of rotatable bonds is 6. The summed E-state index contributed by atoms with van der Waals surface area (Å²) >= 11 is 0. The minimum atomic E-state index is -2.50. The fraction of sp³-hybridized carbons (Fsp3) is 0.176. The molecule has 19 heavy (non-hydrogen) atoms. The van der Waals surface area contributed by atoms with Gasteiger partial charge in [-0.3, -0.25) is 0 Å². The first-order valence-electron chi connectivity index (χ1n) is 6.58. The molecule has 0 aliphatic carbocycles. The van der Waals surface area contributed by atoms with Crippen molar-refractivity contribution in [1.82, 2.24) is 0 Å². The molecule has 2 heteroatoms. The molecule has 0 amide bonds. The molecule has 0 saturated heterocycles. The van der Waals surface area contributed by atoms with Crippen LogP contribution in [0.15, 0.2) is 73.3 Å². The number of hydrogen-bond acceptors (Lipinski definition) is 1. The minimum Gasteiger partial charge on any atom is -0.314 e. The highest BCUT2D eigenvalue weighted by Gasteiger charge is 2.25. The van der Waals surface area contributed by atoms with E-state index >= 15 is 0 Å². The molecule has 98 valence electrons. The predicted molar refractivity (Wildman–Crippen MR) is 84.1 cm³/mol. The molecular formula is C17H19OP. The molecule has 2 rings (SSSR count). The summed E-state index contributed by atoms with van der Waals surface area (Å²) in [6, 6.07) is 19.6. The van der Waals surface area contributed by atoms with Crippen LogP contribution in [-0.2, 0) is 4.57 Å². The Morgan fingerprint density at radius 2 is 1.37 bits per heavy atom. The molecule has 2 aromatic carbocycles. The average molecular weight is 270 g/mol. The fourth-order valence-electron chi connectivity index (χ4n) is 2.20. The SMILES string of the molecule is C=CCCCP(=O)(c1ccccc1)c1ccccc1. The van der Waals surface area contributed by atoms with E-state index in [0.717, 1.165) is 23.5 Å². The topological polar surface area (TPSA) is 17.1 Å². The quantitative estimate of drug-likeness (QED) is 0.441. The zero-order chi connectivity index (χ0) is 13.6. The van der Waals surface area contributed by atoms with Gasteiger partial charge in [0, 0.05) is 16.8 Å². The van der Waals surface area contributed by atoms with Crippen LogP contribution in [0.3, 0.4) is 0 Å². The van der Waals surface area contributed by atoms with Gasteiger partial charge in [0.05, 0.1) is 0 Å². The van der Waals surface area contributed by atoms with Crippen molar-refractivity contribution in [3.05, 3.63) is 73.3 Å². The molecule has 0 unspecified atom stereocenters. The molecule has 1 nitrogen and oxygen atoms in total. The molecule has 0 aromatic heterocycles. The molecule has 0 fully saturated rings. The highest BCUT2D eigenvalue weighted by Crippen LogP contribution is 2.44. The third-order valence-corrected chi connectivity index (χ3v) is 6.44. The predicted octanol–water partition coefficient (Wildman–Crippen LogP) is 3.97. The van der Waals surface area contributed by atoms with Gasteiger partial charge in [-0.1, -0.05) is 66.7 Å². The van der Waals surface area contributed by atoms with E-state index in [0.29, 0.717) is 6.16 Å². The third kappa shape index (κ3) is 3.24. The molecule has 0 aliphatic rings.